The summed E-state index contributed by atoms with van der Waals surface area (Å²) < 4.78 is 12.7. The molecule has 4 rings (SSSR count). The van der Waals surface area contributed by atoms with Gasteiger partial charge in [0, 0.05) is 21.5 Å². The van der Waals surface area contributed by atoms with Gasteiger partial charge in [0.25, 0.3) is 0 Å². The second kappa shape index (κ2) is 8.66. The van der Waals surface area contributed by atoms with Crippen molar-refractivity contribution in [3.8, 4) is 11.5 Å². The Balaban J connectivity index is 1.66. The molecule has 0 saturated carbocycles. The SMILES string of the molecule is CCC[NH+](CCC)Cc1c([O-])ccc2c1O/C(=C/c1cc3cc(Br)ccc3o1)C2=O. The lowest BCUT2D eigenvalue weighted by Gasteiger charge is -2.23. The van der Waals surface area contributed by atoms with Crippen molar-refractivity contribution in [2.75, 3.05) is 13.1 Å². The number of nitrogens with one attached hydrogen (secondary N) is 1. The third-order valence-corrected chi connectivity index (χ3v) is 5.80. The van der Waals surface area contributed by atoms with E-state index in [4.69, 9.17) is 9.15 Å². The Bertz CT molecular complexity index is 1130. The Kier molecular flexibility index (Phi) is 5.97. The van der Waals surface area contributed by atoms with Gasteiger partial charge in [-0.15, -0.1) is 0 Å². The number of carbonyl (C=O) groups is 1. The van der Waals surface area contributed by atoms with Crippen LogP contribution in [0.1, 0.15) is 48.4 Å². The summed E-state index contributed by atoms with van der Waals surface area (Å²) in [6.07, 6.45) is 3.67. The van der Waals surface area contributed by atoms with Crippen LogP contribution in [0.5, 0.6) is 11.5 Å². The van der Waals surface area contributed by atoms with E-state index in [0.29, 0.717) is 29.2 Å². The number of furan rings is 1. The van der Waals surface area contributed by atoms with Gasteiger partial charge in [0.1, 0.15) is 23.6 Å². The zero-order valence-corrected chi connectivity index (χ0v) is 18.7. The van der Waals surface area contributed by atoms with Crippen molar-refractivity contribution in [3.63, 3.8) is 0 Å². The second-order valence-electron chi connectivity index (χ2n) is 7.62. The summed E-state index contributed by atoms with van der Waals surface area (Å²) in [5.74, 6) is 0.818. The predicted octanol–water partition coefficient (Wildman–Crippen LogP) is 4.09. The van der Waals surface area contributed by atoms with Crippen LogP contribution < -0.4 is 14.7 Å². The van der Waals surface area contributed by atoms with Crippen molar-refractivity contribution in [1.29, 1.82) is 0 Å². The summed E-state index contributed by atoms with van der Waals surface area (Å²) in [6, 6.07) is 10.6. The molecule has 1 aliphatic rings. The fourth-order valence-corrected chi connectivity index (χ4v) is 4.33. The number of ketones is 1. The quantitative estimate of drug-likeness (QED) is 0.529. The normalized spacial score (nSPS) is 14.7. The number of fused-ring (bicyclic) bond motifs is 2. The molecular formula is C24H24BrNO4. The highest BCUT2D eigenvalue weighted by molar-refractivity contribution is 9.10. The molecule has 0 radical (unpaired) electrons. The van der Waals surface area contributed by atoms with E-state index in [1.165, 1.54) is 11.0 Å². The zero-order chi connectivity index (χ0) is 21.3. The van der Waals surface area contributed by atoms with E-state index in [0.717, 1.165) is 41.4 Å². The summed E-state index contributed by atoms with van der Waals surface area (Å²) in [5.41, 5.74) is 1.76. The Morgan fingerprint density at radius 3 is 2.60 bits per heavy atom. The molecule has 3 aromatic rings. The van der Waals surface area contributed by atoms with Crippen LogP contribution in [-0.2, 0) is 6.54 Å². The fraction of sp³-hybridized carbons (Fsp3) is 0.292. The number of rotatable bonds is 7. The highest BCUT2D eigenvalue weighted by atomic mass is 79.9. The van der Waals surface area contributed by atoms with Crippen molar-refractivity contribution in [2.45, 2.75) is 33.2 Å². The number of hydrogen-bond acceptors (Lipinski definition) is 4. The van der Waals surface area contributed by atoms with Crippen LogP contribution in [0.4, 0.5) is 0 Å². The summed E-state index contributed by atoms with van der Waals surface area (Å²) in [4.78, 5) is 14.2. The van der Waals surface area contributed by atoms with E-state index in [9.17, 15) is 9.90 Å². The van der Waals surface area contributed by atoms with Gasteiger partial charge in [-0.2, -0.15) is 0 Å². The largest absolute Gasteiger partial charge is 0.872 e. The van der Waals surface area contributed by atoms with Gasteiger partial charge in [-0.25, -0.2) is 0 Å². The molecule has 2 aromatic carbocycles. The number of carbonyl (C=O) groups excluding carboxylic acids is 1. The van der Waals surface area contributed by atoms with E-state index in [1.807, 2.05) is 24.3 Å². The summed E-state index contributed by atoms with van der Waals surface area (Å²) in [5, 5.41) is 13.5. The van der Waals surface area contributed by atoms with E-state index in [2.05, 4.69) is 29.8 Å². The molecule has 0 saturated heterocycles. The summed E-state index contributed by atoms with van der Waals surface area (Å²) >= 11 is 3.45. The van der Waals surface area contributed by atoms with Gasteiger partial charge in [0.05, 0.1) is 18.7 Å². The first-order chi connectivity index (χ1) is 14.5. The Labute approximate surface area is 184 Å². The number of allylic oxidation sites excluding steroid dienone is 1. The van der Waals surface area contributed by atoms with Crippen LogP contribution in [0.15, 0.2) is 51.0 Å². The first kappa shape index (κ1) is 20.7. The van der Waals surface area contributed by atoms with Crippen molar-refractivity contribution >= 4 is 38.8 Å². The number of ether oxygens (including phenoxy) is 1. The lowest BCUT2D eigenvalue weighted by molar-refractivity contribution is -0.914. The smallest absolute Gasteiger partial charge is 0.232 e. The Morgan fingerprint density at radius 2 is 1.87 bits per heavy atom. The molecule has 0 bridgehead atoms. The third kappa shape index (κ3) is 4.02. The van der Waals surface area contributed by atoms with Gasteiger partial charge in [0.15, 0.2) is 5.76 Å². The van der Waals surface area contributed by atoms with Gasteiger partial charge >= 0.3 is 0 Å². The minimum Gasteiger partial charge on any atom is -0.872 e. The molecule has 0 spiro atoms. The third-order valence-electron chi connectivity index (χ3n) is 5.30. The molecule has 0 atom stereocenters. The first-order valence-electron chi connectivity index (χ1n) is 10.3. The number of quaternary nitrogens is 1. The van der Waals surface area contributed by atoms with Gasteiger partial charge < -0.3 is 19.2 Å². The molecule has 1 aliphatic heterocycles. The molecule has 156 valence electrons. The van der Waals surface area contributed by atoms with E-state index < -0.39 is 0 Å². The lowest BCUT2D eigenvalue weighted by atomic mass is 10.0. The highest BCUT2D eigenvalue weighted by Gasteiger charge is 2.31. The van der Waals surface area contributed by atoms with Crippen LogP contribution in [0.3, 0.4) is 0 Å². The molecule has 0 unspecified atom stereocenters. The van der Waals surface area contributed by atoms with Crippen LogP contribution in [0.2, 0.25) is 0 Å². The number of benzene rings is 2. The molecule has 0 fully saturated rings. The monoisotopic (exact) mass is 469 g/mol. The molecule has 6 heteroatoms. The van der Waals surface area contributed by atoms with Gasteiger partial charge in [0.2, 0.25) is 5.78 Å². The molecule has 2 heterocycles. The van der Waals surface area contributed by atoms with E-state index in [-0.39, 0.29) is 17.3 Å². The number of Topliss-reactive ketones (excluding diaryl/α,β-unsaturated/α-hetero) is 1. The van der Waals surface area contributed by atoms with Crippen LogP contribution in [0.25, 0.3) is 17.0 Å². The van der Waals surface area contributed by atoms with Gasteiger partial charge in [-0.3, -0.25) is 4.79 Å². The average molecular weight is 470 g/mol. The average Bonchev–Trinajstić information content (AvgIpc) is 3.25. The molecule has 0 amide bonds. The maximum atomic E-state index is 12.9. The summed E-state index contributed by atoms with van der Waals surface area (Å²) in [7, 11) is 0. The zero-order valence-electron chi connectivity index (χ0n) is 17.1. The molecule has 1 aromatic heterocycles. The molecule has 1 N–H and O–H groups in total. The Hall–Kier alpha value is -2.57. The van der Waals surface area contributed by atoms with Crippen molar-refractivity contribution in [2.24, 2.45) is 0 Å². The fourth-order valence-electron chi connectivity index (χ4n) is 3.95. The Morgan fingerprint density at radius 1 is 1.10 bits per heavy atom. The van der Waals surface area contributed by atoms with Crippen LogP contribution in [0, 0.1) is 0 Å². The van der Waals surface area contributed by atoms with Crippen molar-refractivity contribution < 1.29 is 24.0 Å². The van der Waals surface area contributed by atoms with Crippen LogP contribution >= 0.6 is 15.9 Å². The van der Waals surface area contributed by atoms with Crippen LogP contribution in [-0.4, -0.2) is 18.9 Å². The topological polar surface area (TPSA) is 66.9 Å². The van der Waals surface area contributed by atoms with Crippen molar-refractivity contribution in [3.05, 3.63) is 63.5 Å². The molecule has 5 nitrogen and oxygen atoms in total. The molecule has 0 aliphatic carbocycles. The first-order valence-corrected chi connectivity index (χ1v) is 11.1. The second-order valence-corrected chi connectivity index (χ2v) is 8.53. The minimum atomic E-state index is -0.222. The maximum absolute atomic E-state index is 12.9. The van der Waals surface area contributed by atoms with Gasteiger partial charge in [-0.05, 0) is 43.2 Å². The van der Waals surface area contributed by atoms with E-state index in [1.54, 1.807) is 12.1 Å². The minimum absolute atomic E-state index is 0.0823. The summed E-state index contributed by atoms with van der Waals surface area (Å²) in [6.45, 7) is 6.78. The number of hydrogen-bond donors (Lipinski definition) is 1. The molecule has 30 heavy (non-hydrogen) atoms. The standard InChI is InChI=1S/C24H24BrNO4/c1-3-9-26(10-4-2)14-19-20(27)7-6-18-23(28)22(30-24(18)19)13-17-12-15-11-16(25)5-8-21(15)29-17/h5-8,11-13,27H,3-4,9-10,14H2,1-2H3/b22-13+. The molecular weight excluding hydrogens is 446 g/mol. The van der Waals surface area contributed by atoms with E-state index >= 15 is 0 Å². The van der Waals surface area contributed by atoms with Crippen molar-refractivity contribution in [1.82, 2.24) is 0 Å². The lowest BCUT2D eigenvalue weighted by Crippen LogP contribution is -3.10. The maximum Gasteiger partial charge on any atom is 0.232 e. The number of halogens is 1. The predicted molar refractivity (Wildman–Crippen MR) is 118 cm³/mol. The highest BCUT2D eigenvalue weighted by Crippen LogP contribution is 2.38. The van der Waals surface area contributed by atoms with Gasteiger partial charge in [-0.1, -0.05) is 41.6 Å².